The first kappa shape index (κ1) is 20.5. The van der Waals surface area contributed by atoms with Crippen LogP contribution in [0, 0.1) is 0 Å². The van der Waals surface area contributed by atoms with Crippen LogP contribution in [0.25, 0.3) is 10.2 Å². The number of thiazole rings is 1. The maximum atomic E-state index is 14.0. The van der Waals surface area contributed by atoms with Crippen LogP contribution in [-0.4, -0.2) is 45.3 Å². The molecule has 0 bridgehead atoms. The van der Waals surface area contributed by atoms with Gasteiger partial charge in [0, 0.05) is 24.0 Å². The van der Waals surface area contributed by atoms with E-state index in [1.54, 1.807) is 22.9 Å². The average molecular weight is 430 g/mol. The molecule has 4 N–H and O–H groups in total. The molecule has 1 aliphatic carbocycles. The summed E-state index contributed by atoms with van der Waals surface area (Å²) in [5.41, 5.74) is 3.09. The number of rotatable bonds is 8. The highest BCUT2D eigenvalue weighted by atomic mass is 32.1. The second-order valence-corrected chi connectivity index (χ2v) is 8.91. The predicted octanol–water partition coefficient (Wildman–Crippen LogP) is 3.85. The maximum Gasteiger partial charge on any atom is 0.255 e. The highest BCUT2D eigenvalue weighted by Gasteiger charge is 2.28. The smallest absolute Gasteiger partial charge is 0.255 e. The summed E-state index contributed by atoms with van der Waals surface area (Å²) in [6, 6.07) is 7.98. The lowest BCUT2D eigenvalue weighted by Gasteiger charge is -2.22. The Labute approximate surface area is 177 Å². The van der Waals surface area contributed by atoms with Crippen molar-refractivity contribution in [2.45, 2.75) is 44.5 Å². The molecule has 0 radical (unpaired) electrons. The summed E-state index contributed by atoms with van der Waals surface area (Å²) >= 11 is 1.56. The molecule has 1 atom stereocenters. The van der Waals surface area contributed by atoms with E-state index in [2.05, 4.69) is 25.9 Å². The summed E-state index contributed by atoms with van der Waals surface area (Å²) in [5.74, 6) is 0.161. The van der Waals surface area contributed by atoms with E-state index in [1.165, 1.54) is 20.0 Å². The molecule has 1 fully saturated rings. The van der Waals surface area contributed by atoms with Crippen molar-refractivity contribution >= 4 is 44.7 Å². The number of carbonyl (C=O) groups excluding carboxylic acids is 1. The van der Waals surface area contributed by atoms with Gasteiger partial charge in [-0.2, -0.15) is 0 Å². The van der Waals surface area contributed by atoms with E-state index < -0.39 is 17.7 Å². The number of alkyl halides is 1. The van der Waals surface area contributed by atoms with Gasteiger partial charge in [0.05, 0.1) is 39.1 Å². The van der Waals surface area contributed by atoms with Crippen molar-refractivity contribution in [3.63, 3.8) is 0 Å². The molecule has 158 valence electrons. The molecule has 0 unspecified atom stereocenters. The van der Waals surface area contributed by atoms with Crippen LogP contribution in [-0.2, 0) is 0 Å². The Hall–Kier alpha value is -2.78. The molecule has 0 spiro atoms. The summed E-state index contributed by atoms with van der Waals surface area (Å²) in [7, 11) is 0. The lowest BCUT2D eigenvalue weighted by molar-refractivity contribution is -0.00177. The van der Waals surface area contributed by atoms with Gasteiger partial charge in [0.2, 0.25) is 0 Å². The Balaban J connectivity index is 1.51. The van der Waals surface area contributed by atoms with E-state index in [-0.39, 0.29) is 6.54 Å². The van der Waals surface area contributed by atoms with Crippen LogP contribution in [0.15, 0.2) is 36.0 Å². The maximum absolute atomic E-state index is 14.0. The summed E-state index contributed by atoms with van der Waals surface area (Å²) in [6.45, 7) is 2.46. The van der Waals surface area contributed by atoms with Crippen molar-refractivity contribution in [1.29, 1.82) is 0 Å². The Morgan fingerprint density at radius 2 is 2.13 bits per heavy atom. The summed E-state index contributed by atoms with van der Waals surface area (Å²) in [4.78, 5) is 21.3. The van der Waals surface area contributed by atoms with Crippen LogP contribution in [0.4, 0.5) is 21.6 Å². The van der Waals surface area contributed by atoms with Crippen molar-refractivity contribution in [3.05, 3.63) is 41.5 Å². The molecule has 2 heterocycles. The molecule has 0 saturated heterocycles. The van der Waals surface area contributed by atoms with Crippen molar-refractivity contribution in [2.24, 2.45) is 0 Å². The highest BCUT2D eigenvalue weighted by molar-refractivity contribution is 7.16. The average Bonchev–Trinajstić information content (AvgIpc) is 3.38. The third-order valence-corrected chi connectivity index (χ3v) is 5.69. The normalized spacial score (nSPS) is 15.1. The molecule has 4 rings (SSSR count). The van der Waals surface area contributed by atoms with Gasteiger partial charge in [-0.25, -0.2) is 14.4 Å². The molecule has 3 aromatic rings. The lowest BCUT2D eigenvalue weighted by atomic mass is 10.0. The number of nitrogens with zero attached hydrogens (tertiary/aromatic N) is 2. The van der Waals surface area contributed by atoms with E-state index in [0.717, 1.165) is 28.7 Å². The Kier molecular flexibility index (Phi) is 5.57. The minimum atomic E-state index is -1.57. The van der Waals surface area contributed by atoms with Crippen LogP contribution in [0.3, 0.4) is 0 Å². The number of halogens is 1. The first-order valence-corrected chi connectivity index (χ1v) is 10.7. The predicted molar refractivity (Wildman–Crippen MR) is 117 cm³/mol. The molecular weight excluding hydrogens is 405 g/mol. The number of fused-ring (bicyclic) bond motifs is 1. The molecule has 1 aromatic carbocycles. The number of anilines is 3. The highest BCUT2D eigenvalue weighted by Crippen LogP contribution is 2.30. The monoisotopic (exact) mass is 429 g/mol. The fourth-order valence-electron chi connectivity index (χ4n) is 2.88. The first-order chi connectivity index (χ1) is 14.3. The Bertz CT molecular complexity index is 1060. The van der Waals surface area contributed by atoms with Crippen molar-refractivity contribution in [3.8, 4) is 0 Å². The van der Waals surface area contributed by atoms with Gasteiger partial charge in [-0.1, -0.05) is 0 Å². The molecule has 1 aliphatic rings. The Morgan fingerprint density at radius 1 is 1.33 bits per heavy atom. The number of hydrogen-bond acceptors (Lipinski definition) is 7. The fraction of sp³-hybridized carbons (Fsp3) is 0.381. The van der Waals surface area contributed by atoms with Gasteiger partial charge in [-0.15, -0.1) is 11.3 Å². The number of aliphatic hydroxyl groups is 1. The number of aromatic nitrogens is 2. The van der Waals surface area contributed by atoms with Crippen molar-refractivity contribution in [2.75, 3.05) is 17.2 Å². The second-order valence-electron chi connectivity index (χ2n) is 8.02. The summed E-state index contributed by atoms with van der Waals surface area (Å²) in [5, 5.41) is 18.9. The van der Waals surface area contributed by atoms with E-state index in [9.17, 15) is 14.3 Å². The summed E-state index contributed by atoms with van der Waals surface area (Å²) < 4.78 is 15.1. The van der Waals surface area contributed by atoms with Crippen LogP contribution >= 0.6 is 11.3 Å². The van der Waals surface area contributed by atoms with Gasteiger partial charge >= 0.3 is 0 Å². The van der Waals surface area contributed by atoms with E-state index in [0.29, 0.717) is 23.1 Å². The largest absolute Gasteiger partial charge is 0.387 e. The van der Waals surface area contributed by atoms with Crippen molar-refractivity contribution in [1.82, 2.24) is 15.3 Å². The molecule has 7 nitrogen and oxygen atoms in total. The quantitative estimate of drug-likeness (QED) is 0.434. The van der Waals surface area contributed by atoms with E-state index in [4.69, 9.17) is 0 Å². The molecule has 9 heteroatoms. The zero-order chi connectivity index (χ0) is 21.3. The Morgan fingerprint density at radius 3 is 2.87 bits per heavy atom. The van der Waals surface area contributed by atoms with Crippen LogP contribution < -0.4 is 16.0 Å². The first-order valence-electron chi connectivity index (χ1n) is 9.81. The topological polar surface area (TPSA) is 99.2 Å². The van der Waals surface area contributed by atoms with Crippen molar-refractivity contribution < 1.29 is 14.3 Å². The summed E-state index contributed by atoms with van der Waals surface area (Å²) in [6.07, 6.45) is 1.99. The second kappa shape index (κ2) is 8.16. The number of nitrogens with one attached hydrogen (secondary N) is 3. The molecule has 0 aliphatic heterocycles. The third-order valence-electron chi connectivity index (χ3n) is 4.90. The van der Waals surface area contributed by atoms with E-state index in [1.807, 2.05) is 18.2 Å². The standard InChI is InChI=1S/C21H24FN5O2S/c1-21(2,29)18(22)10-24-20(28)14-9-23-19(8-16(14)26-12-3-4-12)27-13-5-6-15-17(7-13)30-11-25-15/h5-9,11-12,18,29H,3-4,10H2,1-2H3,(H,24,28)(H2,23,26,27)/t18-/m1/s1. The minimum Gasteiger partial charge on any atom is -0.387 e. The number of amides is 1. The zero-order valence-corrected chi connectivity index (χ0v) is 17.6. The minimum absolute atomic E-state index is 0.278. The van der Waals surface area contributed by atoms with Crippen LogP contribution in [0.2, 0.25) is 0 Å². The molecule has 30 heavy (non-hydrogen) atoms. The van der Waals surface area contributed by atoms with Gasteiger partial charge in [0.25, 0.3) is 5.91 Å². The SMILES string of the molecule is CC(C)(O)[C@H](F)CNC(=O)c1cnc(Nc2ccc3ncsc3c2)cc1NC1CC1. The number of hydrogen-bond donors (Lipinski definition) is 4. The number of pyridine rings is 1. The lowest BCUT2D eigenvalue weighted by Crippen LogP contribution is -2.42. The third kappa shape index (κ3) is 4.85. The van der Waals surface area contributed by atoms with Gasteiger partial charge in [-0.05, 0) is 44.9 Å². The molecule has 1 amide bonds. The van der Waals surface area contributed by atoms with Gasteiger partial charge in [-0.3, -0.25) is 4.79 Å². The molecule has 1 saturated carbocycles. The van der Waals surface area contributed by atoms with E-state index >= 15 is 0 Å². The van der Waals surface area contributed by atoms with Gasteiger partial charge < -0.3 is 21.1 Å². The van der Waals surface area contributed by atoms with Crippen LogP contribution in [0.1, 0.15) is 37.0 Å². The number of carbonyl (C=O) groups is 1. The van der Waals surface area contributed by atoms with Gasteiger partial charge in [0.1, 0.15) is 12.0 Å². The van der Waals surface area contributed by atoms with Crippen LogP contribution in [0.5, 0.6) is 0 Å². The molecular formula is C21H24FN5O2S. The van der Waals surface area contributed by atoms with Gasteiger partial charge in [0.15, 0.2) is 0 Å². The fourth-order valence-corrected chi connectivity index (χ4v) is 3.60. The number of benzene rings is 1. The molecule has 2 aromatic heterocycles. The zero-order valence-electron chi connectivity index (χ0n) is 16.8.